The predicted octanol–water partition coefficient (Wildman–Crippen LogP) is 0.467. The summed E-state index contributed by atoms with van der Waals surface area (Å²) in [6.07, 6.45) is 0. The van der Waals surface area contributed by atoms with E-state index in [0.717, 1.165) is 0 Å². The fourth-order valence-corrected chi connectivity index (χ4v) is 1.93. The maximum absolute atomic E-state index is 11.3. The van der Waals surface area contributed by atoms with Crippen molar-refractivity contribution in [2.75, 3.05) is 11.9 Å². The Morgan fingerprint density at radius 3 is 2.59 bits per heavy atom. The number of primary sulfonamides is 1. The maximum Gasteiger partial charge on any atom is 0.308 e. The van der Waals surface area contributed by atoms with Crippen LogP contribution >= 0.6 is 0 Å². The highest BCUT2D eigenvalue weighted by atomic mass is 32.2. The zero-order valence-corrected chi connectivity index (χ0v) is 10.1. The van der Waals surface area contributed by atoms with Crippen molar-refractivity contribution in [3.63, 3.8) is 0 Å². The van der Waals surface area contributed by atoms with Crippen molar-refractivity contribution in [3.8, 4) is 0 Å². The van der Waals surface area contributed by atoms with Crippen LogP contribution in [-0.4, -0.2) is 26.0 Å². The van der Waals surface area contributed by atoms with E-state index in [1.54, 1.807) is 12.1 Å². The number of benzene rings is 1. The van der Waals surface area contributed by atoms with E-state index in [1.807, 2.05) is 0 Å². The van der Waals surface area contributed by atoms with E-state index in [1.165, 1.54) is 19.1 Å². The molecule has 7 heteroatoms. The van der Waals surface area contributed by atoms with Gasteiger partial charge in [-0.1, -0.05) is 19.1 Å². The van der Waals surface area contributed by atoms with Crippen LogP contribution in [0.4, 0.5) is 5.69 Å². The average Bonchev–Trinajstić information content (AvgIpc) is 2.24. The van der Waals surface area contributed by atoms with Gasteiger partial charge in [0, 0.05) is 6.54 Å². The van der Waals surface area contributed by atoms with Gasteiger partial charge in [0.2, 0.25) is 10.0 Å². The lowest BCUT2D eigenvalue weighted by Gasteiger charge is -2.12. The molecule has 0 bridgehead atoms. The normalized spacial score (nSPS) is 13.1. The monoisotopic (exact) mass is 258 g/mol. The molecule has 0 aliphatic heterocycles. The molecule has 1 unspecified atom stereocenters. The van der Waals surface area contributed by atoms with E-state index < -0.39 is 21.9 Å². The number of anilines is 1. The van der Waals surface area contributed by atoms with E-state index in [0.29, 0.717) is 5.69 Å². The van der Waals surface area contributed by atoms with Crippen molar-refractivity contribution in [3.05, 3.63) is 24.3 Å². The van der Waals surface area contributed by atoms with E-state index in [4.69, 9.17) is 10.2 Å². The summed E-state index contributed by atoms with van der Waals surface area (Å²) >= 11 is 0. The molecule has 0 aliphatic carbocycles. The minimum atomic E-state index is -3.81. The summed E-state index contributed by atoms with van der Waals surface area (Å²) in [7, 11) is -3.81. The van der Waals surface area contributed by atoms with Crippen molar-refractivity contribution >= 4 is 21.7 Å². The van der Waals surface area contributed by atoms with Crippen molar-refractivity contribution in [1.82, 2.24) is 0 Å². The first kappa shape index (κ1) is 13.5. The predicted molar refractivity (Wildman–Crippen MR) is 63.1 cm³/mol. The van der Waals surface area contributed by atoms with E-state index in [2.05, 4.69) is 5.32 Å². The summed E-state index contributed by atoms with van der Waals surface area (Å²) in [5.74, 6) is -1.57. The average molecular weight is 258 g/mol. The van der Waals surface area contributed by atoms with Crippen LogP contribution in [0.2, 0.25) is 0 Å². The highest BCUT2D eigenvalue weighted by Crippen LogP contribution is 2.19. The molecule has 1 aromatic carbocycles. The first-order valence-electron chi connectivity index (χ1n) is 4.91. The Bertz CT molecular complexity index is 513. The third-order valence-corrected chi connectivity index (χ3v) is 3.18. The summed E-state index contributed by atoms with van der Waals surface area (Å²) in [6, 6.07) is 6.09. The second kappa shape index (κ2) is 5.15. The van der Waals surface area contributed by atoms with Gasteiger partial charge in [0.1, 0.15) is 4.90 Å². The van der Waals surface area contributed by atoms with Crippen LogP contribution in [0.15, 0.2) is 29.2 Å². The molecule has 94 valence electrons. The Morgan fingerprint density at radius 1 is 1.47 bits per heavy atom. The number of nitrogens with one attached hydrogen (secondary N) is 1. The number of nitrogens with two attached hydrogens (primary N) is 1. The van der Waals surface area contributed by atoms with Gasteiger partial charge in [-0.05, 0) is 12.1 Å². The maximum atomic E-state index is 11.3. The zero-order chi connectivity index (χ0) is 13.1. The molecule has 0 saturated carbocycles. The Labute approximate surface area is 99.5 Å². The summed E-state index contributed by atoms with van der Waals surface area (Å²) in [6.45, 7) is 1.65. The molecule has 4 N–H and O–H groups in total. The van der Waals surface area contributed by atoms with Crippen LogP contribution in [-0.2, 0) is 14.8 Å². The lowest BCUT2D eigenvalue weighted by Crippen LogP contribution is -2.21. The number of hydrogen-bond donors (Lipinski definition) is 3. The first-order valence-corrected chi connectivity index (χ1v) is 6.45. The van der Waals surface area contributed by atoms with Crippen molar-refractivity contribution in [2.24, 2.45) is 11.1 Å². The number of carboxylic acid groups (broad SMARTS) is 1. The molecule has 0 radical (unpaired) electrons. The minimum absolute atomic E-state index is 0.0439. The summed E-state index contributed by atoms with van der Waals surface area (Å²) in [4.78, 5) is 10.6. The largest absolute Gasteiger partial charge is 0.481 e. The van der Waals surface area contributed by atoms with Gasteiger partial charge in [-0.2, -0.15) is 0 Å². The molecule has 0 heterocycles. The fraction of sp³-hybridized carbons (Fsp3) is 0.300. The molecular weight excluding hydrogens is 244 g/mol. The molecule has 6 nitrogen and oxygen atoms in total. The van der Waals surface area contributed by atoms with Gasteiger partial charge in [-0.3, -0.25) is 4.79 Å². The molecule has 0 saturated heterocycles. The molecule has 0 spiro atoms. The van der Waals surface area contributed by atoms with Gasteiger partial charge < -0.3 is 10.4 Å². The van der Waals surface area contributed by atoms with Gasteiger partial charge in [-0.15, -0.1) is 0 Å². The van der Waals surface area contributed by atoms with E-state index in [9.17, 15) is 13.2 Å². The van der Waals surface area contributed by atoms with Crippen molar-refractivity contribution < 1.29 is 18.3 Å². The number of carbonyl (C=O) groups is 1. The quantitative estimate of drug-likeness (QED) is 0.711. The second-order valence-corrected chi connectivity index (χ2v) is 5.19. The molecule has 1 rings (SSSR count). The molecule has 0 aromatic heterocycles. The molecule has 1 aromatic rings. The standard InChI is InChI=1S/C10H14N2O4S/c1-7(10(13)14)6-12-8-4-2-3-5-9(8)17(11,15)16/h2-5,7,12H,6H2,1H3,(H,13,14)(H2,11,15,16). The van der Waals surface area contributed by atoms with Crippen LogP contribution in [0.5, 0.6) is 0 Å². The molecule has 17 heavy (non-hydrogen) atoms. The van der Waals surface area contributed by atoms with Crippen LogP contribution in [0.3, 0.4) is 0 Å². The number of hydrogen-bond acceptors (Lipinski definition) is 4. The zero-order valence-electron chi connectivity index (χ0n) is 9.25. The first-order chi connectivity index (χ1) is 7.82. The van der Waals surface area contributed by atoms with Crippen LogP contribution in [0, 0.1) is 5.92 Å². The summed E-state index contributed by atoms with van der Waals surface area (Å²) in [5.41, 5.74) is 0.308. The third-order valence-electron chi connectivity index (χ3n) is 2.21. The van der Waals surface area contributed by atoms with Crippen molar-refractivity contribution in [1.29, 1.82) is 0 Å². The topological polar surface area (TPSA) is 109 Å². The van der Waals surface area contributed by atoms with E-state index in [-0.39, 0.29) is 11.4 Å². The van der Waals surface area contributed by atoms with Gasteiger partial charge in [0.15, 0.2) is 0 Å². The Kier molecular flexibility index (Phi) is 4.08. The molecule has 0 fully saturated rings. The highest BCUT2D eigenvalue weighted by Gasteiger charge is 2.15. The van der Waals surface area contributed by atoms with Crippen molar-refractivity contribution in [2.45, 2.75) is 11.8 Å². The van der Waals surface area contributed by atoms with Crippen LogP contribution in [0.25, 0.3) is 0 Å². The van der Waals surface area contributed by atoms with Gasteiger partial charge in [-0.25, -0.2) is 13.6 Å². The van der Waals surface area contributed by atoms with Gasteiger partial charge >= 0.3 is 5.97 Å². The molecular formula is C10H14N2O4S. The second-order valence-electron chi connectivity index (χ2n) is 3.66. The lowest BCUT2D eigenvalue weighted by molar-refractivity contribution is -0.140. The minimum Gasteiger partial charge on any atom is -0.481 e. The Morgan fingerprint density at radius 2 is 2.06 bits per heavy atom. The Balaban J connectivity index is 2.89. The number of rotatable bonds is 5. The fourth-order valence-electron chi connectivity index (χ4n) is 1.21. The SMILES string of the molecule is CC(CNc1ccccc1S(N)(=O)=O)C(=O)O. The van der Waals surface area contributed by atoms with Gasteiger partial charge in [0.25, 0.3) is 0 Å². The van der Waals surface area contributed by atoms with Gasteiger partial charge in [0.05, 0.1) is 11.6 Å². The number of sulfonamides is 1. The van der Waals surface area contributed by atoms with Crippen LogP contribution < -0.4 is 10.5 Å². The summed E-state index contributed by atoms with van der Waals surface area (Å²) in [5, 5.41) is 16.5. The molecule has 1 atom stereocenters. The highest BCUT2D eigenvalue weighted by molar-refractivity contribution is 7.89. The smallest absolute Gasteiger partial charge is 0.308 e. The molecule has 0 aliphatic rings. The number of aliphatic carboxylic acids is 1. The summed E-state index contributed by atoms with van der Waals surface area (Å²) < 4.78 is 22.5. The number of para-hydroxylation sites is 1. The Hall–Kier alpha value is -1.60. The van der Waals surface area contributed by atoms with E-state index >= 15 is 0 Å². The third kappa shape index (κ3) is 3.72. The number of carboxylic acids is 1. The molecule has 0 amide bonds. The van der Waals surface area contributed by atoms with Crippen LogP contribution in [0.1, 0.15) is 6.92 Å². The lowest BCUT2D eigenvalue weighted by atomic mass is 10.2.